The zero-order valence-electron chi connectivity index (χ0n) is 27.1. The number of ether oxygens (including phenoxy) is 1. The molecule has 3 atom stereocenters. The minimum Gasteiger partial charge on any atom is -0.460 e. The highest BCUT2D eigenvalue weighted by Gasteiger charge is 2.30. The summed E-state index contributed by atoms with van der Waals surface area (Å²) in [5.74, 6) is -2.21. The molecule has 13 nitrogen and oxygen atoms in total. The van der Waals surface area contributed by atoms with Crippen molar-refractivity contribution in [3.63, 3.8) is 0 Å². The van der Waals surface area contributed by atoms with E-state index >= 15 is 0 Å². The molecule has 1 aromatic rings. The number of amides is 5. The Morgan fingerprint density at radius 3 is 2.24 bits per heavy atom. The van der Waals surface area contributed by atoms with Gasteiger partial charge in [0.15, 0.2) is 9.84 Å². The highest BCUT2D eigenvalue weighted by Crippen LogP contribution is 2.21. The van der Waals surface area contributed by atoms with Crippen molar-refractivity contribution in [2.75, 3.05) is 17.6 Å². The maximum absolute atomic E-state index is 13.3. The first-order valence-corrected chi connectivity index (χ1v) is 17.4. The van der Waals surface area contributed by atoms with Gasteiger partial charge in [0.2, 0.25) is 17.7 Å². The van der Waals surface area contributed by atoms with Crippen LogP contribution in [0.4, 0.5) is 10.5 Å². The molecule has 0 radical (unpaired) electrons. The summed E-state index contributed by atoms with van der Waals surface area (Å²) in [5.41, 5.74) is 6.27. The lowest BCUT2D eigenvalue weighted by molar-refractivity contribution is -0.147. The zero-order valence-corrected chi connectivity index (χ0v) is 28.8. The van der Waals surface area contributed by atoms with Gasteiger partial charge in [0, 0.05) is 24.1 Å². The lowest BCUT2D eigenvalue weighted by Gasteiger charge is -2.25. The fourth-order valence-corrected chi connectivity index (χ4v) is 4.88. The molecule has 0 saturated carbocycles. The first kappa shape index (κ1) is 40.4. The second-order valence-corrected chi connectivity index (χ2v) is 14.6. The number of carbonyl (C=O) groups is 5. The largest absolute Gasteiger partial charge is 0.460 e. The van der Waals surface area contributed by atoms with Gasteiger partial charge < -0.3 is 31.7 Å². The summed E-state index contributed by atoms with van der Waals surface area (Å²) < 4.78 is 27.5. The van der Waals surface area contributed by atoms with Crippen molar-refractivity contribution in [2.45, 2.75) is 96.1 Å². The molecule has 0 aliphatic heterocycles. The van der Waals surface area contributed by atoms with Gasteiger partial charge in [-0.05, 0) is 62.6 Å². The number of unbranched alkanes of at least 4 members (excludes halogenated alkanes) is 2. The molecule has 0 aromatic heterocycles. The predicted molar refractivity (Wildman–Crippen MR) is 181 cm³/mol. The van der Waals surface area contributed by atoms with Crippen LogP contribution in [0.1, 0.15) is 78.2 Å². The van der Waals surface area contributed by atoms with Crippen molar-refractivity contribution in [2.24, 2.45) is 11.7 Å². The summed E-state index contributed by atoms with van der Waals surface area (Å²) >= 11 is 4.32. The van der Waals surface area contributed by atoms with Crippen LogP contribution in [-0.4, -0.2) is 67.3 Å². The van der Waals surface area contributed by atoms with E-state index in [-0.39, 0.29) is 43.6 Å². The van der Waals surface area contributed by atoms with Gasteiger partial charge in [-0.25, -0.2) is 13.2 Å². The Bertz CT molecular complexity index is 1300. The molecule has 0 saturated heterocycles. The van der Waals surface area contributed by atoms with Crippen LogP contribution < -0.4 is 27.0 Å². The molecule has 0 aliphatic rings. The number of benzene rings is 1. The number of nitrogens with one attached hydrogen (secondary N) is 4. The van der Waals surface area contributed by atoms with Gasteiger partial charge in [0.1, 0.15) is 23.4 Å². The number of anilines is 1. The van der Waals surface area contributed by atoms with E-state index < -0.39 is 50.5 Å². The van der Waals surface area contributed by atoms with E-state index in [2.05, 4.69) is 40.5 Å². The van der Waals surface area contributed by atoms with Crippen LogP contribution in [0.3, 0.4) is 0 Å². The SMILES string of the molecule is C=CS(=O)(=O)CCCCCC(=O)N[C@@H](C(=O)N[C@H](CCCNC(N)=O)C(=O)Nc1ccc(COC(=O)C(C)(S)CC)cc1)C(C)C. The minimum absolute atomic E-state index is 0.0360. The monoisotopic (exact) mass is 683 g/mol. The number of carbonyl (C=O) groups excluding carboxylic acids is 5. The second kappa shape index (κ2) is 19.8. The van der Waals surface area contributed by atoms with E-state index in [1.807, 2.05) is 6.92 Å². The van der Waals surface area contributed by atoms with Crippen LogP contribution in [0, 0.1) is 5.92 Å². The van der Waals surface area contributed by atoms with E-state index in [1.54, 1.807) is 45.0 Å². The van der Waals surface area contributed by atoms with Crippen molar-refractivity contribution < 1.29 is 37.1 Å². The van der Waals surface area contributed by atoms with Crippen molar-refractivity contribution in [3.05, 3.63) is 41.8 Å². The molecule has 6 N–H and O–H groups in total. The summed E-state index contributed by atoms with van der Waals surface area (Å²) in [6, 6.07) is 4.01. The Morgan fingerprint density at radius 1 is 1.02 bits per heavy atom. The summed E-state index contributed by atoms with van der Waals surface area (Å²) in [7, 11) is -3.29. The number of esters is 1. The third kappa shape index (κ3) is 15.6. The Hall–Kier alpha value is -3.59. The van der Waals surface area contributed by atoms with Crippen LogP contribution in [0.5, 0.6) is 0 Å². The summed E-state index contributed by atoms with van der Waals surface area (Å²) in [6.45, 7) is 10.5. The average molecular weight is 684 g/mol. The molecule has 0 aliphatic carbocycles. The lowest BCUT2D eigenvalue weighted by atomic mass is 10.0. The first-order chi connectivity index (χ1) is 21.5. The summed E-state index contributed by atoms with van der Waals surface area (Å²) in [5, 5.41) is 11.6. The number of nitrogens with two attached hydrogens (primary N) is 1. The Kier molecular flexibility index (Phi) is 17.4. The Labute approximate surface area is 277 Å². The molecule has 0 spiro atoms. The van der Waals surface area contributed by atoms with Crippen LogP contribution in [0.2, 0.25) is 0 Å². The number of thiol groups is 1. The third-order valence-corrected chi connectivity index (χ3v) is 9.04. The number of primary amides is 1. The molecule has 1 rings (SSSR count). The standard InChI is InChI=1S/C31H49N5O8S2/c1-6-31(5,45)29(40)44-20-22-14-16-23(17-15-22)34-27(38)24(12-11-18-33-30(32)41)35-28(39)26(21(3)4)36-25(37)13-9-8-10-19-46(42,43)7-2/h7,14-17,21,24,26,45H,2,6,8-13,18-20H2,1,3-5H3,(H,34,38)(H,35,39)(H,36,37)(H3,32,33,41)/t24-,26-,31?/m1/s1. The fraction of sp³-hybridized carbons (Fsp3) is 0.581. The molecule has 5 amide bonds. The van der Waals surface area contributed by atoms with E-state index in [0.717, 1.165) is 5.41 Å². The molecule has 1 unspecified atom stereocenters. The molecule has 0 bridgehead atoms. The molecular formula is C31H49N5O8S2. The molecule has 15 heteroatoms. The van der Waals surface area contributed by atoms with Gasteiger partial charge in [-0.1, -0.05) is 45.9 Å². The number of sulfone groups is 1. The molecule has 1 aromatic carbocycles. The highest BCUT2D eigenvalue weighted by atomic mass is 32.2. The van der Waals surface area contributed by atoms with Gasteiger partial charge in [-0.2, -0.15) is 12.6 Å². The normalized spacial score (nSPS) is 13.9. The van der Waals surface area contributed by atoms with Crippen molar-refractivity contribution in [1.82, 2.24) is 16.0 Å². The van der Waals surface area contributed by atoms with Gasteiger partial charge in [0.25, 0.3) is 0 Å². The maximum atomic E-state index is 13.3. The maximum Gasteiger partial charge on any atom is 0.321 e. The van der Waals surface area contributed by atoms with E-state index in [0.29, 0.717) is 43.4 Å². The molecule has 46 heavy (non-hydrogen) atoms. The molecule has 0 fully saturated rings. The van der Waals surface area contributed by atoms with Gasteiger partial charge in [-0.3, -0.25) is 19.2 Å². The number of hydrogen-bond acceptors (Lipinski definition) is 9. The van der Waals surface area contributed by atoms with Crippen molar-refractivity contribution in [1.29, 1.82) is 0 Å². The van der Waals surface area contributed by atoms with E-state index in [4.69, 9.17) is 10.5 Å². The number of hydrogen-bond donors (Lipinski definition) is 6. The molecular weight excluding hydrogens is 635 g/mol. The van der Waals surface area contributed by atoms with Gasteiger partial charge in [0.05, 0.1) is 5.75 Å². The van der Waals surface area contributed by atoms with E-state index in [9.17, 15) is 32.4 Å². The minimum atomic E-state index is -3.29. The smallest absolute Gasteiger partial charge is 0.321 e. The summed E-state index contributed by atoms with van der Waals surface area (Å²) in [4.78, 5) is 62.4. The predicted octanol–water partition coefficient (Wildman–Crippen LogP) is 2.96. The number of rotatable bonds is 21. The van der Waals surface area contributed by atoms with Crippen molar-refractivity contribution in [3.8, 4) is 0 Å². The quantitative estimate of drug-likeness (QED) is 0.0645. The highest BCUT2D eigenvalue weighted by molar-refractivity contribution is 7.94. The number of urea groups is 1. The average Bonchev–Trinajstić information content (AvgIpc) is 3.00. The Balaban J connectivity index is 2.85. The second-order valence-electron chi connectivity index (χ2n) is 11.5. The van der Waals surface area contributed by atoms with Crippen LogP contribution >= 0.6 is 12.6 Å². The van der Waals surface area contributed by atoms with Crippen LogP contribution in [0.25, 0.3) is 0 Å². The zero-order chi connectivity index (χ0) is 34.9. The van der Waals surface area contributed by atoms with E-state index in [1.165, 1.54) is 0 Å². The summed E-state index contributed by atoms with van der Waals surface area (Å²) in [6.07, 6.45) is 2.45. The first-order valence-electron chi connectivity index (χ1n) is 15.3. The van der Waals surface area contributed by atoms with Crippen molar-refractivity contribution >= 4 is 57.9 Å². The fourth-order valence-electron chi connectivity index (χ4n) is 4.04. The topological polar surface area (TPSA) is 203 Å². The molecule has 0 heterocycles. The Morgan fingerprint density at radius 2 is 1.67 bits per heavy atom. The third-order valence-electron chi connectivity index (χ3n) is 7.17. The lowest BCUT2D eigenvalue weighted by Crippen LogP contribution is -2.54. The van der Waals surface area contributed by atoms with Crippen LogP contribution in [-0.2, 0) is 40.4 Å². The van der Waals surface area contributed by atoms with Gasteiger partial charge in [-0.15, -0.1) is 0 Å². The molecule has 258 valence electrons. The van der Waals surface area contributed by atoms with Crippen LogP contribution in [0.15, 0.2) is 36.3 Å². The van der Waals surface area contributed by atoms with Gasteiger partial charge >= 0.3 is 12.0 Å².